The fraction of sp³-hybridized carbons (Fsp3) is 0.462. The number of hydrogen-bond acceptors (Lipinski definition) is 7. The molecule has 1 aliphatic heterocycles. The van der Waals surface area contributed by atoms with Gasteiger partial charge in [0, 0.05) is 24.3 Å². The zero-order valence-corrected chi connectivity index (χ0v) is 21.0. The standard InChI is InChI=1S/C26H27F3N6O4/c1-12(13-2-3-13)34-10-16-8-15(9-19(20(16)25(34)38)39-26(27,28)29)17-6-7-35-23(31-17)21(22(30)33-35)24(37)32-18(11-36)14-4-5-14/h6-9,12-14,18,36H,2-5,10-11H2,1H3,(H2,30,33)(H,32,37)/t12-,18-/m0/s1. The van der Waals surface area contributed by atoms with E-state index in [0.29, 0.717) is 11.5 Å². The van der Waals surface area contributed by atoms with E-state index >= 15 is 0 Å². The molecule has 10 nitrogen and oxygen atoms in total. The quantitative estimate of drug-likeness (QED) is 0.397. The molecule has 2 aliphatic carbocycles. The Morgan fingerprint density at radius 2 is 1.97 bits per heavy atom. The Balaban J connectivity index is 1.39. The van der Waals surface area contributed by atoms with Gasteiger partial charge in [0.2, 0.25) is 0 Å². The Labute approximate surface area is 220 Å². The van der Waals surface area contributed by atoms with Crippen LogP contribution >= 0.6 is 0 Å². The summed E-state index contributed by atoms with van der Waals surface area (Å²) in [5.41, 5.74) is 6.96. The normalized spacial score (nSPS) is 18.8. The number of nitrogens with one attached hydrogen (secondary N) is 1. The summed E-state index contributed by atoms with van der Waals surface area (Å²) in [5, 5.41) is 16.6. The van der Waals surface area contributed by atoms with Gasteiger partial charge >= 0.3 is 6.36 Å². The van der Waals surface area contributed by atoms with Gasteiger partial charge in [0.05, 0.1) is 23.9 Å². The number of rotatable bonds is 8. The summed E-state index contributed by atoms with van der Waals surface area (Å²) in [6.45, 7) is 1.84. The predicted molar refractivity (Wildman–Crippen MR) is 133 cm³/mol. The molecule has 6 rings (SSSR count). The van der Waals surface area contributed by atoms with Gasteiger partial charge in [-0.2, -0.15) is 0 Å². The highest BCUT2D eigenvalue weighted by Gasteiger charge is 2.42. The van der Waals surface area contributed by atoms with Crippen molar-refractivity contribution in [2.45, 2.75) is 57.6 Å². The first-order valence-electron chi connectivity index (χ1n) is 12.8. The number of carbonyl (C=O) groups excluding carboxylic acids is 2. The number of amides is 2. The van der Waals surface area contributed by atoms with Gasteiger partial charge in [-0.05, 0) is 68.2 Å². The van der Waals surface area contributed by atoms with Crippen LogP contribution in [-0.4, -0.2) is 61.5 Å². The Morgan fingerprint density at radius 1 is 1.26 bits per heavy atom. The van der Waals surface area contributed by atoms with Crippen LogP contribution < -0.4 is 15.8 Å². The maximum absolute atomic E-state index is 13.4. The third kappa shape index (κ3) is 4.75. The summed E-state index contributed by atoms with van der Waals surface area (Å²) in [6, 6.07) is 3.77. The molecule has 3 aromatic rings. The van der Waals surface area contributed by atoms with Crippen molar-refractivity contribution in [2.75, 3.05) is 12.3 Å². The molecule has 2 aromatic heterocycles. The molecule has 4 N–H and O–H groups in total. The van der Waals surface area contributed by atoms with E-state index in [1.807, 2.05) is 6.92 Å². The highest BCUT2D eigenvalue weighted by molar-refractivity contribution is 6.05. The lowest BCUT2D eigenvalue weighted by Gasteiger charge is -2.24. The number of fused-ring (bicyclic) bond motifs is 2. The minimum Gasteiger partial charge on any atom is -0.405 e. The molecule has 206 valence electrons. The average molecular weight is 545 g/mol. The number of anilines is 1. The summed E-state index contributed by atoms with van der Waals surface area (Å²) in [6.07, 6.45) is 0.254. The van der Waals surface area contributed by atoms with Crippen molar-refractivity contribution >= 4 is 23.3 Å². The van der Waals surface area contributed by atoms with Crippen molar-refractivity contribution in [1.29, 1.82) is 0 Å². The summed E-state index contributed by atoms with van der Waals surface area (Å²) >= 11 is 0. The minimum atomic E-state index is -5.00. The molecule has 0 spiro atoms. The Morgan fingerprint density at radius 3 is 2.62 bits per heavy atom. The van der Waals surface area contributed by atoms with Gasteiger partial charge < -0.3 is 25.8 Å². The Bertz CT molecular complexity index is 1480. The molecule has 1 aromatic carbocycles. The van der Waals surface area contributed by atoms with Gasteiger partial charge in [-0.25, -0.2) is 9.50 Å². The van der Waals surface area contributed by atoms with E-state index in [-0.39, 0.29) is 59.0 Å². The molecule has 0 saturated heterocycles. The second-order valence-corrected chi connectivity index (χ2v) is 10.5. The maximum Gasteiger partial charge on any atom is 0.573 e. The van der Waals surface area contributed by atoms with Gasteiger partial charge in [-0.1, -0.05) is 0 Å². The number of aliphatic hydroxyl groups excluding tert-OH is 1. The number of hydrogen-bond donors (Lipinski definition) is 3. The molecule has 0 bridgehead atoms. The summed E-state index contributed by atoms with van der Waals surface area (Å²) in [4.78, 5) is 32.3. The molecule has 2 fully saturated rings. The third-order valence-electron chi connectivity index (χ3n) is 7.76. The number of nitrogen functional groups attached to an aromatic ring is 1. The number of ether oxygens (including phenoxy) is 1. The van der Waals surface area contributed by atoms with Crippen molar-refractivity contribution in [3.8, 4) is 17.0 Å². The largest absolute Gasteiger partial charge is 0.573 e. The molecule has 39 heavy (non-hydrogen) atoms. The predicted octanol–water partition coefficient (Wildman–Crippen LogP) is 3.13. The molecule has 0 unspecified atom stereocenters. The molecule has 2 amide bonds. The van der Waals surface area contributed by atoms with Crippen LogP contribution in [0.15, 0.2) is 24.4 Å². The lowest BCUT2D eigenvalue weighted by Crippen LogP contribution is -2.39. The van der Waals surface area contributed by atoms with Crippen LogP contribution in [0.2, 0.25) is 0 Å². The molecule has 0 radical (unpaired) electrons. The fourth-order valence-electron chi connectivity index (χ4n) is 5.33. The number of aliphatic hydroxyl groups is 1. The summed E-state index contributed by atoms with van der Waals surface area (Å²) in [5.74, 6) is -1.18. The third-order valence-corrected chi connectivity index (χ3v) is 7.76. The molecule has 2 atom stereocenters. The van der Waals surface area contributed by atoms with Crippen LogP contribution in [0.4, 0.5) is 19.0 Å². The minimum absolute atomic E-state index is 0.00323. The van der Waals surface area contributed by atoms with E-state index in [1.165, 1.54) is 16.8 Å². The lowest BCUT2D eigenvalue weighted by molar-refractivity contribution is -0.274. The highest BCUT2D eigenvalue weighted by Crippen LogP contribution is 2.42. The van der Waals surface area contributed by atoms with Gasteiger partial charge in [-0.3, -0.25) is 9.59 Å². The first-order valence-corrected chi connectivity index (χ1v) is 12.8. The summed E-state index contributed by atoms with van der Waals surface area (Å²) in [7, 11) is 0. The van der Waals surface area contributed by atoms with Gasteiger partial charge in [0.25, 0.3) is 11.8 Å². The van der Waals surface area contributed by atoms with Crippen LogP contribution in [-0.2, 0) is 6.54 Å². The number of benzene rings is 1. The molecule has 3 heterocycles. The van der Waals surface area contributed by atoms with Crippen LogP contribution in [0.3, 0.4) is 0 Å². The zero-order valence-electron chi connectivity index (χ0n) is 21.0. The van der Waals surface area contributed by atoms with Crippen LogP contribution in [0.25, 0.3) is 16.9 Å². The van der Waals surface area contributed by atoms with Gasteiger partial charge in [-0.15, -0.1) is 18.3 Å². The molecule has 2 saturated carbocycles. The van der Waals surface area contributed by atoms with E-state index in [0.717, 1.165) is 31.7 Å². The Hall–Kier alpha value is -3.87. The number of nitrogens with two attached hydrogens (primary N) is 1. The van der Waals surface area contributed by atoms with Gasteiger partial charge in [0.1, 0.15) is 11.3 Å². The van der Waals surface area contributed by atoms with Crippen molar-refractivity contribution in [3.05, 3.63) is 41.1 Å². The van der Waals surface area contributed by atoms with Crippen LogP contribution in [0.5, 0.6) is 5.75 Å². The number of alkyl halides is 3. The Kier molecular flexibility index (Phi) is 5.93. The SMILES string of the molecule is C[C@@H](C1CC1)N1Cc2cc(-c3ccn4nc(N)c(C(=O)N[C@@H](CO)C5CC5)c4n3)cc(OC(F)(F)F)c2C1=O. The first-order chi connectivity index (χ1) is 18.5. The smallest absolute Gasteiger partial charge is 0.405 e. The van der Waals surface area contributed by atoms with E-state index in [9.17, 15) is 27.9 Å². The fourth-order valence-corrected chi connectivity index (χ4v) is 5.33. The molecule has 13 heteroatoms. The van der Waals surface area contributed by atoms with Crippen molar-refractivity contribution in [2.24, 2.45) is 11.8 Å². The number of halogens is 3. The van der Waals surface area contributed by atoms with Crippen LogP contribution in [0.1, 0.15) is 58.9 Å². The first kappa shape index (κ1) is 25.4. The summed E-state index contributed by atoms with van der Waals surface area (Å²) < 4.78 is 45.7. The van der Waals surface area contributed by atoms with Crippen molar-refractivity contribution in [1.82, 2.24) is 24.8 Å². The monoisotopic (exact) mass is 544 g/mol. The van der Waals surface area contributed by atoms with E-state index in [2.05, 4.69) is 20.1 Å². The molecular formula is C26H27F3N6O4. The number of aromatic nitrogens is 3. The van der Waals surface area contributed by atoms with Gasteiger partial charge in [0.15, 0.2) is 11.5 Å². The number of carbonyl (C=O) groups is 2. The van der Waals surface area contributed by atoms with Crippen molar-refractivity contribution < 1.29 is 32.6 Å². The number of nitrogens with zero attached hydrogens (tertiary/aromatic N) is 4. The molecule has 3 aliphatic rings. The van der Waals surface area contributed by atoms with E-state index in [4.69, 9.17) is 5.73 Å². The maximum atomic E-state index is 13.4. The molecular weight excluding hydrogens is 517 g/mol. The average Bonchev–Trinajstić information content (AvgIpc) is 3.80. The zero-order chi connectivity index (χ0) is 27.6. The second kappa shape index (κ2) is 9.11. The van der Waals surface area contributed by atoms with E-state index in [1.54, 1.807) is 11.0 Å². The second-order valence-electron chi connectivity index (χ2n) is 10.5. The lowest BCUT2D eigenvalue weighted by atomic mass is 10.0. The topological polar surface area (TPSA) is 135 Å². The van der Waals surface area contributed by atoms with Crippen LogP contribution in [0, 0.1) is 11.8 Å². The van der Waals surface area contributed by atoms with E-state index < -0.39 is 30.0 Å². The highest BCUT2D eigenvalue weighted by atomic mass is 19.4. The van der Waals surface area contributed by atoms with Crippen molar-refractivity contribution in [3.63, 3.8) is 0 Å².